The van der Waals surface area contributed by atoms with Gasteiger partial charge < -0.3 is 10.6 Å². The van der Waals surface area contributed by atoms with Gasteiger partial charge in [-0.1, -0.05) is 22.0 Å². The lowest BCUT2D eigenvalue weighted by Crippen LogP contribution is -2.31. The summed E-state index contributed by atoms with van der Waals surface area (Å²) >= 11 is 4.69. The van der Waals surface area contributed by atoms with Crippen LogP contribution in [0.25, 0.3) is 10.1 Å². The van der Waals surface area contributed by atoms with Gasteiger partial charge in [-0.25, -0.2) is 8.42 Å². The molecule has 0 spiro atoms. The number of sulfone groups is 1. The number of anilines is 1. The third kappa shape index (κ3) is 3.75. The fourth-order valence-corrected chi connectivity index (χ4v) is 4.10. The van der Waals surface area contributed by atoms with Gasteiger partial charge in [-0.05, 0) is 12.1 Å². The molecule has 1 aromatic heterocycles. The normalized spacial score (nSPS) is 11.8. The summed E-state index contributed by atoms with van der Waals surface area (Å²) in [5.41, 5.74) is 6.48. The molecule has 1 heterocycles. The van der Waals surface area contributed by atoms with Gasteiger partial charge in [-0.15, -0.1) is 11.3 Å². The number of nitrogens with two attached hydrogens (primary N) is 1. The van der Waals surface area contributed by atoms with Gasteiger partial charge in [0, 0.05) is 34.4 Å². The third-order valence-electron chi connectivity index (χ3n) is 3.03. The van der Waals surface area contributed by atoms with E-state index < -0.39 is 9.84 Å². The molecule has 2 aromatic rings. The van der Waals surface area contributed by atoms with Crippen molar-refractivity contribution in [3.05, 3.63) is 27.5 Å². The minimum atomic E-state index is -3.10. The highest BCUT2D eigenvalue weighted by Crippen LogP contribution is 2.35. The highest BCUT2D eigenvalue weighted by atomic mass is 79.9. The maximum atomic E-state index is 12.4. The first-order valence-corrected chi connectivity index (χ1v) is 9.77. The van der Waals surface area contributed by atoms with Crippen molar-refractivity contribution in [1.82, 2.24) is 4.90 Å². The van der Waals surface area contributed by atoms with Gasteiger partial charge in [0.25, 0.3) is 5.91 Å². The highest BCUT2D eigenvalue weighted by molar-refractivity contribution is 9.10. The predicted octanol–water partition coefficient (Wildman–Crippen LogP) is 2.36. The van der Waals surface area contributed by atoms with E-state index in [9.17, 15) is 13.2 Å². The maximum absolute atomic E-state index is 12.4. The van der Waals surface area contributed by atoms with Gasteiger partial charge in [0.2, 0.25) is 0 Å². The average Bonchev–Trinajstić information content (AvgIpc) is 2.71. The van der Waals surface area contributed by atoms with Crippen LogP contribution in [0, 0.1) is 0 Å². The number of thiophene rings is 1. The molecule has 0 fully saturated rings. The molecule has 21 heavy (non-hydrogen) atoms. The van der Waals surface area contributed by atoms with Crippen molar-refractivity contribution in [2.24, 2.45) is 0 Å². The predicted molar refractivity (Wildman–Crippen MR) is 90.6 cm³/mol. The number of hydrogen-bond acceptors (Lipinski definition) is 5. The summed E-state index contributed by atoms with van der Waals surface area (Å²) in [4.78, 5) is 14.2. The molecule has 2 N–H and O–H groups in total. The van der Waals surface area contributed by atoms with Gasteiger partial charge in [-0.3, -0.25) is 4.79 Å². The van der Waals surface area contributed by atoms with E-state index in [-0.39, 0.29) is 18.2 Å². The van der Waals surface area contributed by atoms with E-state index in [1.54, 1.807) is 7.05 Å². The van der Waals surface area contributed by atoms with Crippen molar-refractivity contribution in [3.63, 3.8) is 0 Å². The van der Waals surface area contributed by atoms with Crippen LogP contribution in [0.5, 0.6) is 0 Å². The van der Waals surface area contributed by atoms with Gasteiger partial charge in [0.15, 0.2) is 0 Å². The number of rotatable bonds is 4. The molecule has 0 aliphatic heterocycles. The van der Waals surface area contributed by atoms with Crippen LogP contribution in [0.4, 0.5) is 5.69 Å². The zero-order chi connectivity index (χ0) is 15.8. The van der Waals surface area contributed by atoms with Crippen LogP contribution >= 0.6 is 27.3 Å². The van der Waals surface area contributed by atoms with E-state index in [1.807, 2.05) is 18.2 Å². The first kappa shape index (κ1) is 16.3. The van der Waals surface area contributed by atoms with E-state index in [0.29, 0.717) is 10.6 Å². The Labute approximate surface area is 135 Å². The summed E-state index contributed by atoms with van der Waals surface area (Å²) in [6.45, 7) is 0.148. The van der Waals surface area contributed by atoms with Gasteiger partial charge in [0.1, 0.15) is 14.7 Å². The van der Waals surface area contributed by atoms with E-state index in [2.05, 4.69) is 15.9 Å². The Hall–Kier alpha value is -1.12. The molecule has 8 heteroatoms. The molecular weight excluding hydrogens is 376 g/mol. The molecule has 1 amide bonds. The van der Waals surface area contributed by atoms with Crippen LogP contribution in [0.15, 0.2) is 22.7 Å². The van der Waals surface area contributed by atoms with Gasteiger partial charge >= 0.3 is 0 Å². The largest absolute Gasteiger partial charge is 0.397 e. The molecule has 0 saturated carbocycles. The third-order valence-corrected chi connectivity index (χ3v) is 5.60. The van der Waals surface area contributed by atoms with E-state index in [1.165, 1.54) is 16.2 Å². The van der Waals surface area contributed by atoms with Crippen molar-refractivity contribution < 1.29 is 13.2 Å². The second-order valence-corrected chi connectivity index (χ2v) is 9.07. The Morgan fingerprint density at radius 2 is 2.10 bits per heavy atom. The minimum Gasteiger partial charge on any atom is -0.397 e. The van der Waals surface area contributed by atoms with Crippen LogP contribution in [-0.4, -0.2) is 44.8 Å². The molecule has 1 aromatic carbocycles. The Morgan fingerprint density at radius 1 is 1.43 bits per heavy atom. The molecule has 0 radical (unpaired) electrons. The zero-order valence-electron chi connectivity index (χ0n) is 11.6. The number of carbonyl (C=O) groups excluding carboxylic acids is 1. The molecule has 0 unspecified atom stereocenters. The average molecular weight is 391 g/mol. The van der Waals surface area contributed by atoms with E-state index in [0.717, 1.165) is 20.8 Å². The van der Waals surface area contributed by atoms with Crippen molar-refractivity contribution in [3.8, 4) is 0 Å². The minimum absolute atomic E-state index is 0.0639. The number of nitrogens with zero attached hydrogens (tertiary/aromatic N) is 1. The number of benzene rings is 1. The quantitative estimate of drug-likeness (QED) is 0.868. The highest BCUT2D eigenvalue weighted by Gasteiger charge is 2.20. The van der Waals surface area contributed by atoms with Gasteiger partial charge in [-0.2, -0.15) is 0 Å². The summed E-state index contributed by atoms with van der Waals surface area (Å²) in [6, 6.07) is 5.63. The summed E-state index contributed by atoms with van der Waals surface area (Å²) < 4.78 is 24.2. The SMILES string of the molecule is CN(CCS(C)(=O)=O)C(=O)c1sc2cc(Br)ccc2c1N. The maximum Gasteiger partial charge on any atom is 0.265 e. The summed E-state index contributed by atoms with van der Waals surface area (Å²) in [5, 5.41) is 0.836. The first-order valence-electron chi connectivity index (χ1n) is 6.10. The molecule has 0 saturated heterocycles. The van der Waals surface area contributed by atoms with Crippen molar-refractivity contribution in [2.75, 3.05) is 31.3 Å². The topological polar surface area (TPSA) is 80.5 Å². The number of amides is 1. The Morgan fingerprint density at radius 3 is 2.71 bits per heavy atom. The van der Waals surface area contributed by atoms with Crippen molar-refractivity contribution in [1.29, 1.82) is 0 Å². The second-order valence-electron chi connectivity index (χ2n) is 4.84. The number of carbonyl (C=O) groups is 1. The first-order chi connectivity index (χ1) is 9.69. The number of nitrogen functional groups attached to an aromatic ring is 1. The summed E-state index contributed by atoms with van der Waals surface area (Å²) in [5.74, 6) is -0.320. The fraction of sp³-hybridized carbons (Fsp3) is 0.308. The van der Waals surface area contributed by atoms with Crippen LogP contribution in [0.3, 0.4) is 0 Å². The Balaban J connectivity index is 2.29. The van der Waals surface area contributed by atoms with Crippen LogP contribution in [0.2, 0.25) is 0 Å². The number of halogens is 1. The number of hydrogen-bond donors (Lipinski definition) is 1. The lowest BCUT2D eigenvalue weighted by Gasteiger charge is -2.15. The Kier molecular flexibility index (Phi) is 4.60. The Bertz CT molecular complexity index is 799. The van der Waals surface area contributed by atoms with E-state index >= 15 is 0 Å². The fourth-order valence-electron chi connectivity index (χ4n) is 1.83. The standard InChI is InChI=1S/C13H15BrN2O3S2/c1-16(5-6-21(2,18)19)13(17)12-11(15)9-4-3-8(14)7-10(9)20-12/h3-4,7H,5-6,15H2,1-2H3. The molecule has 0 aliphatic carbocycles. The molecule has 5 nitrogen and oxygen atoms in total. The molecule has 0 bridgehead atoms. The van der Waals surface area contributed by atoms with Crippen molar-refractivity contribution >= 4 is 58.8 Å². The summed E-state index contributed by atoms with van der Waals surface area (Å²) in [6.07, 6.45) is 1.15. The number of fused-ring (bicyclic) bond motifs is 1. The zero-order valence-corrected chi connectivity index (χ0v) is 14.8. The van der Waals surface area contributed by atoms with Crippen LogP contribution in [0.1, 0.15) is 9.67 Å². The van der Waals surface area contributed by atoms with Gasteiger partial charge in [0.05, 0.1) is 11.4 Å². The molecule has 114 valence electrons. The lowest BCUT2D eigenvalue weighted by molar-refractivity contribution is 0.0809. The second kappa shape index (κ2) is 5.94. The smallest absolute Gasteiger partial charge is 0.265 e. The summed E-state index contributed by atoms with van der Waals surface area (Å²) in [7, 11) is -1.53. The molecule has 0 atom stereocenters. The van der Waals surface area contributed by atoms with Crippen LogP contribution in [-0.2, 0) is 9.84 Å². The molecular formula is C13H15BrN2O3S2. The van der Waals surface area contributed by atoms with Crippen LogP contribution < -0.4 is 5.73 Å². The van der Waals surface area contributed by atoms with E-state index in [4.69, 9.17) is 5.73 Å². The van der Waals surface area contributed by atoms with Crippen molar-refractivity contribution in [2.45, 2.75) is 0 Å². The monoisotopic (exact) mass is 390 g/mol. The molecule has 0 aliphatic rings. The molecule has 2 rings (SSSR count). The lowest BCUT2D eigenvalue weighted by atomic mass is 10.2.